The summed E-state index contributed by atoms with van der Waals surface area (Å²) in [6.07, 6.45) is 0. The number of amides is 1. The van der Waals surface area contributed by atoms with Crippen LogP contribution in [0.25, 0.3) is 0 Å². The lowest BCUT2D eigenvalue weighted by Gasteiger charge is -2.28. The number of benzene rings is 1. The Bertz CT molecular complexity index is 492. The van der Waals surface area contributed by atoms with E-state index in [-0.39, 0.29) is 11.9 Å². The van der Waals surface area contributed by atoms with Crippen molar-refractivity contribution in [1.29, 1.82) is 0 Å². The molecule has 0 saturated carbocycles. The highest BCUT2D eigenvalue weighted by atomic mass is 16.2. The summed E-state index contributed by atoms with van der Waals surface area (Å²) < 4.78 is 0. The second kappa shape index (κ2) is 7.72. The molecule has 0 heterocycles. The zero-order valence-corrected chi connectivity index (χ0v) is 12.8. The van der Waals surface area contributed by atoms with Gasteiger partial charge in [-0.3, -0.25) is 4.79 Å². The summed E-state index contributed by atoms with van der Waals surface area (Å²) in [5.41, 5.74) is 6.93. The number of rotatable bonds is 4. The normalized spacial score (nSPS) is 10.3. The van der Waals surface area contributed by atoms with Gasteiger partial charge in [0.15, 0.2) is 0 Å². The van der Waals surface area contributed by atoms with E-state index in [4.69, 9.17) is 5.73 Å². The lowest BCUT2D eigenvalue weighted by molar-refractivity contribution is 0.0682. The Kier molecular flexibility index (Phi) is 6.27. The summed E-state index contributed by atoms with van der Waals surface area (Å²) >= 11 is 0. The van der Waals surface area contributed by atoms with Crippen molar-refractivity contribution in [3.05, 3.63) is 35.4 Å². The molecular formula is C17H24N2O. The van der Waals surface area contributed by atoms with Gasteiger partial charge in [-0.1, -0.05) is 25.7 Å². The fraction of sp³-hybridized carbons (Fsp3) is 0.471. The van der Waals surface area contributed by atoms with E-state index < -0.39 is 0 Å². The SMILES string of the molecule is CC(C)CN(C(=O)c1ccc(C#CCN)cc1)C(C)C. The van der Waals surface area contributed by atoms with E-state index in [1.165, 1.54) is 0 Å². The van der Waals surface area contributed by atoms with Crippen LogP contribution in [0.2, 0.25) is 0 Å². The van der Waals surface area contributed by atoms with E-state index in [0.29, 0.717) is 18.0 Å². The Morgan fingerprint density at radius 3 is 2.25 bits per heavy atom. The predicted octanol–water partition coefficient (Wildman–Crippen LogP) is 2.50. The van der Waals surface area contributed by atoms with Crippen molar-refractivity contribution in [2.45, 2.75) is 33.7 Å². The molecule has 0 aromatic heterocycles. The first-order valence-corrected chi connectivity index (χ1v) is 7.05. The van der Waals surface area contributed by atoms with Crippen LogP contribution in [0.1, 0.15) is 43.6 Å². The summed E-state index contributed by atoms with van der Waals surface area (Å²) in [5.74, 6) is 6.29. The molecule has 1 rings (SSSR count). The summed E-state index contributed by atoms with van der Waals surface area (Å²) in [5, 5.41) is 0. The molecule has 0 aliphatic carbocycles. The van der Waals surface area contributed by atoms with Crippen molar-refractivity contribution in [2.24, 2.45) is 11.7 Å². The lowest BCUT2D eigenvalue weighted by Crippen LogP contribution is -2.39. The highest BCUT2D eigenvalue weighted by Crippen LogP contribution is 2.12. The quantitative estimate of drug-likeness (QED) is 0.856. The van der Waals surface area contributed by atoms with Gasteiger partial charge < -0.3 is 10.6 Å². The fourth-order valence-corrected chi connectivity index (χ4v) is 1.94. The first-order chi connectivity index (χ1) is 9.45. The Labute approximate surface area is 122 Å². The maximum atomic E-state index is 12.5. The molecule has 1 aromatic carbocycles. The summed E-state index contributed by atoms with van der Waals surface area (Å²) in [4.78, 5) is 14.4. The molecule has 0 radical (unpaired) electrons. The number of hydrogen-bond donors (Lipinski definition) is 1. The van der Waals surface area contributed by atoms with Crippen molar-refractivity contribution in [2.75, 3.05) is 13.1 Å². The van der Waals surface area contributed by atoms with Crippen LogP contribution in [0.5, 0.6) is 0 Å². The monoisotopic (exact) mass is 272 g/mol. The van der Waals surface area contributed by atoms with Gasteiger partial charge in [-0.15, -0.1) is 0 Å². The van der Waals surface area contributed by atoms with E-state index in [0.717, 1.165) is 12.1 Å². The first kappa shape index (κ1) is 16.3. The van der Waals surface area contributed by atoms with Gasteiger partial charge in [-0.05, 0) is 44.0 Å². The maximum absolute atomic E-state index is 12.5. The second-order valence-electron chi connectivity index (χ2n) is 5.53. The molecule has 1 amide bonds. The number of carbonyl (C=O) groups is 1. The fourth-order valence-electron chi connectivity index (χ4n) is 1.94. The first-order valence-electron chi connectivity index (χ1n) is 7.05. The minimum atomic E-state index is 0.0760. The van der Waals surface area contributed by atoms with Crippen LogP contribution in [0.15, 0.2) is 24.3 Å². The number of nitrogens with zero attached hydrogens (tertiary/aromatic N) is 1. The van der Waals surface area contributed by atoms with Crippen molar-refractivity contribution in [3.63, 3.8) is 0 Å². The molecule has 3 nitrogen and oxygen atoms in total. The van der Waals surface area contributed by atoms with Gasteiger partial charge >= 0.3 is 0 Å². The average molecular weight is 272 g/mol. The summed E-state index contributed by atoms with van der Waals surface area (Å²) in [7, 11) is 0. The van der Waals surface area contributed by atoms with E-state index in [1.807, 2.05) is 43.0 Å². The third kappa shape index (κ3) is 4.71. The molecule has 0 unspecified atom stereocenters. The van der Waals surface area contributed by atoms with Crippen LogP contribution in [-0.4, -0.2) is 29.9 Å². The molecule has 1 aromatic rings. The molecule has 20 heavy (non-hydrogen) atoms. The minimum absolute atomic E-state index is 0.0760. The Morgan fingerprint density at radius 2 is 1.80 bits per heavy atom. The molecule has 0 saturated heterocycles. The topological polar surface area (TPSA) is 46.3 Å². The van der Waals surface area contributed by atoms with Gasteiger partial charge in [0.2, 0.25) is 0 Å². The number of carbonyl (C=O) groups excluding carboxylic acids is 1. The van der Waals surface area contributed by atoms with E-state index in [1.54, 1.807) is 0 Å². The lowest BCUT2D eigenvalue weighted by atomic mass is 10.1. The molecule has 0 aliphatic rings. The standard InChI is InChI=1S/C17H24N2O/c1-13(2)12-19(14(3)4)17(20)16-9-7-15(8-10-16)6-5-11-18/h7-10,13-14H,11-12,18H2,1-4H3. The second-order valence-corrected chi connectivity index (χ2v) is 5.53. The maximum Gasteiger partial charge on any atom is 0.254 e. The van der Waals surface area contributed by atoms with Crippen LogP contribution in [0.3, 0.4) is 0 Å². The largest absolute Gasteiger partial charge is 0.336 e. The van der Waals surface area contributed by atoms with Gasteiger partial charge in [-0.2, -0.15) is 0 Å². The Balaban J connectivity index is 2.89. The molecule has 0 spiro atoms. The molecule has 2 N–H and O–H groups in total. The van der Waals surface area contributed by atoms with Gasteiger partial charge in [0.25, 0.3) is 5.91 Å². The van der Waals surface area contributed by atoms with Crippen molar-refractivity contribution >= 4 is 5.91 Å². The van der Waals surface area contributed by atoms with E-state index in [9.17, 15) is 4.79 Å². The van der Waals surface area contributed by atoms with E-state index in [2.05, 4.69) is 25.7 Å². The van der Waals surface area contributed by atoms with Crippen LogP contribution < -0.4 is 5.73 Å². The van der Waals surface area contributed by atoms with Gasteiger partial charge in [-0.25, -0.2) is 0 Å². The molecule has 0 atom stereocenters. The molecule has 0 bridgehead atoms. The zero-order valence-electron chi connectivity index (χ0n) is 12.8. The van der Waals surface area contributed by atoms with Gasteiger partial charge in [0, 0.05) is 23.7 Å². The minimum Gasteiger partial charge on any atom is -0.336 e. The molecule has 3 heteroatoms. The van der Waals surface area contributed by atoms with Crippen molar-refractivity contribution in [3.8, 4) is 11.8 Å². The smallest absolute Gasteiger partial charge is 0.254 e. The molecule has 0 fully saturated rings. The molecule has 0 aliphatic heterocycles. The van der Waals surface area contributed by atoms with Crippen LogP contribution in [-0.2, 0) is 0 Å². The van der Waals surface area contributed by atoms with Gasteiger partial charge in [0.05, 0.1) is 6.54 Å². The Hall–Kier alpha value is -1.79. The number of hydrogen-bond acceptors (Lipinski definition) is 2. The predicted molar refractivity (Wildman–Crippen MR) is 83.4 cm³/mol. The zero-order chi connectivity index (χ0) is 15.1. The summed E-state index contributed by atoms with van der Waals surface area (Å²) in [6.45, 7) is 9.44. The Morgan fingerprint density at radius 1 is 1.20 bits per heavy atom. The van der Waals surface area contributed by atoms with Gasteiger partial charge in [0.1, 0.15) is 0 Å². The van der Waals surface area contributed by atoms with Crippen LogP contribution in [0.4, 0.5) is 0 Å². The third-order valence-corrected chi connectivity index (χ3v) is 2.91. The molecule has 108 valence electrons. The molecular weight excluding hydrogens is 248 g/mol. The number of nitrogens with two attached hydrogens (primary N) is 1. The van der Waals surface area contributed by atoms with Crippen LogP contribution >= 0.6 is 0 Å². The summed E-state index contributed by atoms with van der Waals surface area (Å²) in [6, 6.07) is 7.59. The highest BCUT2D eigenvalue weighted by molar-refractivity contribution is 5.94. The highest BCUT2D eigenvalue weighted by Gasteiger charge is 2.19. The third-order valence-electron chi connectivity index (χ3n) is 2.91. The van der Waals surface area contributed by atoms with Crippen LogP contribution in [0, 0.1) is 17.8 Å². The average Bonchev–Trinajstić information content (AvgIpc) is 2.42. The van der Waals surface area contributed by atoms with Crippen molar-refractivity contribution < 1.29 is 4.79 Å². The van der Waals surface area contributed by atoms with E-state index >= 15 is 0 Å². The van der Waals surface area contributed by atoms with Crippen molar-refractivity contribution in [1.82, 2.24) is 4.90 Å².